The van der Waals surface area contributed by atoms with Gasteiger partial charge in [0, 0.05) is 18.7 Å². The van der Waals surface area contributed by atoms with Gasteiger partial charge < -0.3 is 14.4 Å². The summed E-state index contributed by atoms with van der Waals surface area (Å²) in [5.41, 5.74) is 0.812. The van der Waals surface area contributed by atoms with Crippen LogP contribution >= 0.6 is 0 Å². The highest BCUT2D eigenvalue weighted by molar-refractivity contribution is 5.68. The van der Waals surface area contributed by atoms with Crippen LogP contribution in [0.15, 0.2) is 24.3 Å². The molecule has 1 heterocycles. The van der Waals surface area contributed by atoms with Crippen molar-refractivity contribution in [3.8, 4) is 5.75 Å². The van der Waals surface area contributed by atoms with Crippen molar-refractivity contribution < 1.29 is 14.3 Å². The second-order valence-electron chi connectivity index (χ2n) is 7.23. The Kier molecular flexibility index (Phi) is 4.69. The lowest BCUT2D eigenvalue weighted by molar-refractivity contribution is 0.0171. The Morgan fingerprint density at radius 1 is 1.18 bits per heavy atom. The van der Waals surface area contributed by atoms with Gasteiger partial charge in [-0.2, -0.15) is 0 Å². The molecule has 0 radical (unpaired) electrons. The molecule has 4 heteroatoms. The monoisotopic (exact) mass is 305 g/mol. The molecule has 0 spiro atoms. The summed E-state index contributed by atoms with van der Waals surface area (Å²) in [6.07, 6.45) is 1.61. The molecule has 4 nitrogen and oxygen atoms in total. The van der Waals surface area contributed by atoms with Crippen molar-refractivity contribution in [2.24, 2.45) is 0 Å². The van der Waals surface area contributed by atoms with E-state index in [0.29, 0.717) is 13.1 Å². The summed E-state index contributed by atoms with van der Waals surface area (Å²) < 4.78 is 11.0. The summed E-state index contributed by atoms with van der Waals surface area (Å²) in [6.45, 7) is 9.36. The van der Waals surface area contributed by atoms with Crippen molar-refractivity contribution in [2.45, 2.75) is 51.6 Å². The fourth-order valence-corrected chi connectivity index (χ4v) is 2.92. The highest BCUT2D eigenvalue weighted by Gasteiger charge is 2.36. The van der Waals surface area contributed by atoms with E-state index in [0.717, 1.165) is 18.6 Å². The first kappa shape index (κ1) is 16.7. The predicted octanol–water partition coefficient (Wildman–Crippen LogP) is 3.98. The first-order valence-corrected chi connectivity index (χ1v) is 7.87. The van der Waals surface area contributed by atoms with E-state index in [1.54, 1.807) is 7.11 Å². The molecule has 0 atom stereocenters. The Balaban J connectivity index is 2.06. The lowest BCUT2D eigenvalue weighted by Gasteiger charge is -2.40. The number of hydrogen-bond donors (Lipinski definition) is 0. The maximum Gasteiger partial charge on any atom is 0.410 e. The van der Waals surface area contributed by atoms with E-state index in [-0.39, 0.29) is 11.5 Å². The SMILES string of the molecule is COc1ccccc1C1(C)CCN(C(=O)OC(C)(C)C)CC1. The van der Waals surface area contributed by atoms with Crippen LogP contribution in [0.2, 0.25) is 0 Å². The minimum atomic E-state index is -0.444. The standard InChI is InChI=1S/C18H27NO3/c1-17(2,3)22-16(20)19-12-10-18(4,11-13-19)14-8-6-7-9-15(14)21-5/h6-9H,10-13H2,1-5H3. The molecule has 0 N–H and O–H groups in total. The van der Waals surface area contributed by atoms with Crippen LogP contribution in [-0.2, 0) is 10.2 Å². The van der Waals surface area contributed by atoms with Crippen molar-refractivity contribution in [3.63, 3.8) is 0 Å². The summed E-state index contributed by atoms with van der Waals surface area (Å²) in [5, 5.41) is 0. The Morgan fingerprint density at radius 2 is 1.77 bits per heavy atom. The summed E-state index contributed by atoms with van der Waals surface area (Å²) in [4.78, 5) is 14.0. The molecule has 1 saturated heterocycles. The van der Waals surface area contributed by atoms with Gasteiger partial charge in [-0.25, -0.2) is 4.79 Å². The predicted molar refractivity (Wildman–Crippen MR) is 87.4 cm³/mol. The van der Waals surface area contributed by atoms with Gasteiger partial charge in [-0.1, -0.05) is 25.1 Å². The van der Waals surface area contributed by atoms with Gasteiger partial charge in [0.1, 0.15) is 11.4 Å². The van der Waals surface area contributed by atoms with E-state index < -0.39 is 5.60 Å². The molecular weight excluding hydrogens is 278 g/mol. The molecular formula is C18H27NO3. The number of benzene rings is 1. The molecule has 0 bridgehead atoms. The average molecular weight is 305 g/mol. The van der Waals surface area contributed by atoms with Crippen LogP contribution in [0.3, 0.4) is 0 Å². The Labute approximate surface area is 133 Å². The number of rotatable bonds is 2. The van der Waals surface area contributed by atoms with E-state index in [2.05, 4.69) is 13.0 Å². The molecule has 1 fully saturated rings. The largest absolute Gasteiger partial charge is 0.496 e. The molecule has 0 aromatic heterocycles. The fraction of sp³-hybridized carbons (Fsp3) is 0.611. The topological polar surface area (TPSA) is 38.8 Å². The molecule has 122 valence electrons. The average Bonchev–Trinajstić information content (AvgIpc) is 2.46. The summed E-state index contributed by atoms with van der Waals surface area (Å²) in [7, 11) is 1.71. The van der Waals surface area contributed by atoms with Crippen molar-refractivity contribution >= 4 is 6.09 Å². The smallest absolute Gasteiger partial charge is 0.410 e. The summed E-state index contributed by atoms with van der Waals surface area (Å²) >= 11 is 0. The Hall–Kier alpha value is -1.71. The van der Waals surface area contributed by atoms with Crippen LogP contribution in [0.1, 0.15) is 46.1 Å². The number of carbonyl (C=O) groups is 1. The van der Waals surface area contributed by atoms with Gasteiger partial charge in [0.25, 0.3) is 0 Å². The summed E-state index contributed by atoms with van der Waals surface area (Å²) in [6, 6.07) is 8.16. The first-order chi connectivity index (χ1) is 10.2. The van der Waals surface area contributed by atoms with E-state index >= 15 is 0 Å². The zero-order valence-electron chi connectivity index (χ0n) is 14.3. The molecule has 1 amide bonds. The van der Waals surface area contributed by atoms with Crippen LogP contribution < -0.4 is 4.74 Å². The number of para-hydroxylation sites is 1. The molecule has 22 heavy (non-hydrogen) atoms. The number of amides is 1. The Bertz CT molecular complexity index is 525. The van der Waals surface area contributed by atoms with E-state index in [9.17, 15) is 4.79 Å². The molecule has 1 aromatic carbocycles. The van der Waals surface area contributed by atoms with Crippen molar-refractivity contribution in [3.05, 3.63) is 29.8 Å². The quantitative estimate of drug-likeness (QED) is 0.829. The van der Waals surface area contributed by atoms with Crippen LogP contribution in [0.4, 0.5) is 4.79 Å². The Morgan fingerprint density at radius 3 is 2.32 bits per heavy atom. The second kappa shape index (κ2) is 6.19. The first-order valence-electron chi connectivity index (χ1n) is 7.87. The lowest BCUT2D eigenvalue weighted by atomic mass is 9.74. The molecule has 0 unspecified atom stereocenters. The molecule has 2 rings (SSSR count). The zero-order valence-corrected chi connectivity index (χ0v) is 14.3. The molecule has 0 saturated carbocycles. The fourth-order valence-electron chi connectivity index (χ4n) is 2.92. The van der Waals surface area contributed by atoms with Crippen LogP contribution in [-0.4, -0.2) is 36.8 Å². The number of carbonyl (C=O) groups excluding carboxylic acids is 1. The number of hydrogen-bond acceptors (Lipinski definition) is 3. The number of ether oxygens (including phenoxy) is 2. The normalized spacial score (nSPS) is 18.0. The van der Waals surface area contributed by atoms with Gasteiger partial charge in [-0.15, -0.1) is 0 Å². The number of nitrogens with zero attached hydrogens (tertiary/aromatic N) is 1. The number of methoxy groups -OCH3 is 1. The van der Waals surface area contributed by atoms with Gasteiger partial charge in [0.05, 0.1) is 7.11 Å². The third kappa shape index (κ3) is 3.73. The lowest BCUT2D eigenvalue weighted by Crippen LogP contribution is -2.45. The zero-order chi connectivity index (χ0) is 16.4. The van der Waals surface area contributed by atoms with Crippen molar-refractivity contribution in [1.29, 1.82) is 0 Å². The molecule has 1 aromatic rings. The second-order valence-corrected chi connectivity index (χ2v) is 7.23. The number of piperidine rings is 1. The van der Waals surface area contributed by atoms with Gasteiger partial charge in [-0.3, -0.25) is 0 Å². The van der Waals surface area contributed by atoms with Crippen LogP contribution in [0, 0.1) is 0 Å². The van der Waals surface area contributed by atoms with E-state index in [4.69, 9.17) is 9.47 Å². The third-order valence-corrected chi connectivity index (χ3v) is 4.28. The summed E-state index contributed by atoms with van der Waals surface area (Å²) in [5.74, 6) is 0.927. The van der Waals surface area contributed by atoms with E-state index in [1.165, 1.54) is 5.56 Å². The number of likely N-dealkylation sites (tertiary alicyclic amines) is 1. The minimum absolute atomic E-state index is 0.0329. The van der Waals surface area contributed by atoms with Gasteiger partial charge in [-0.05, 0) is 45.1 Å². The van der Waals surface area contributed by atoms with Crippen LogP contribution in [0.25, 0.3) is 0 Å². The molecule has 1 aliphatic heterocycles. The third-order valence-electron chi connectivity index (χ3n) is 4.28. The van der Waals surface area contributed by atoms with Crippen molar-refractivity contribution in [2.75, 3.05) is 20.2 Å². The molecule has 1 aliphatic rings. The highest BCUT2D eigenvalue weighted by atomic mass is 16.6. The van der Waals surface area contributed by atoms with Crippen molar-refractivity contribution in [1.82, 2.24) is 4.90 Å². The maximum absolute atomic E-state index is 12.2. The maximum atomic E-state index is 12.2. The molecule has 0 aliphatic carbocycles. The minimum Gasteiger partial charge on any atom is -0.496 e. The van der Waals surface area contributed by atoms with Gasteiger partial charge >= 0.3 is 6.09 Å². The van der Waals surface area contributed by atoms with Gasteiger partial charge in [0.2, 0.25) is 0 Å². The highest BCUT2D eigenvalue weighted by Crippen LogP contribution is 2.39. The van der Waals surface area contributed by atoms with Crippen LogP contribution in [0.5, 0.6) is 5.75 Å². The van der Waals surface area contributed by atoms with Gasteiger partial charge in [0.15, 0.2) is 0 Å². The van der Waals surface area contributed by atoms with E-state index in [1.807, 2.05) is 43.9 Å².